The molecule has 0 aromatic heterocycles. The zero-order valence-corrected chi connectivity index (χ0v) is 10.2. The number of rotatable bonds is 3. The molecule has 0 radical (unpaired) electrons. The lowest BCUT2D eigenvalue weighted by Crippen LogP contribution is -2.50. The van der Waals surface area contributed by atoms with Crippen LogP contribution in [-0.4, -0.2) is 16.7 Å². The number of thioether (sulfide) groups is 1. The molecule has 0 saturated heterocycles. The van der Waals surface area contributed by atoms with Crippen molar-refractivity contribution in [1.29, 1.82) is 0 Å². The maximum absolute atomic E-state index is 13.0. The number of carbonyl (C=O) groups excluding carboxylic acids is 1. The van der Waals surface area contributed by atoms with Gasteiger partial charge in [0.2, 0.25) is 5.91 Å². The predicted molar refractivity (Wildman–Crippen MR) is 66.0 cm³/mol. The molecular weight excluding hydrogens is 239 g/mol. The van der Waals surface area contributed by atoms with Crippen molar-refractivity contribution in [1.82, 2.24) is 0 Å². The van der Waals surface area contributed by atoms with Crippen molar-refractivity contribution in [2.75, 3.05) is 0 Å². The monoisotopic (exact) mass is 254 g/mol. The SMILES string of the molecule is NC(=O)C1(N)CCC(Sc2cccc(F)c2)C1. The first-order chi connectivity index (χ1) is 7.99. The molecule has 17 heavy (non-hydrogen) atoms. The fourth-order valence-corrected chi connectivity index (χ4v) is 3.43. The Bertz CT molecular complexity index is 440. The topological polar surface area (TPSA) is 69.1 Å². The molecule has 1 aliphatic rings. The van der Waals surface area contributed by atoms with Gasteiger partial charge in [0, 0.05) is 10.1 Å². The standard InChI is InChI=1S/C12H15FN2OS/c13-8-2-1-3-9(6-8)17-10-4-5-12(15,7-10)11(14)16/h1-3,6,10H,4-5,7,15H2,(H2,14,16). The van der Waals surface area contributed by atoms with Crippen LogP contribution in [0.25, 0.3) is 0 Å². The largest absolute Gasteiger partial charge is 0.368 e. The van der Waals surface area contributed by atoms with Gasteiger partial charge in [0.25, 0.3) is 0 Å². The first kappa shape index (κ1) is 12.4. The Balaban J connectivity index is 2.01. The summed E-state index contributed by atoms with van der Waals surface area (Å²) in [4.78, 5) is 12.1. The Morgan fingerprint density at radius 1 is 1.53 bits per heavy atom. The van der Waals surface area contributed by atoms with Crippen LogP contribution in [0.1, 0.15) is 19.3 Å². The van der Waals surface area contributed by atoms with Gasteiger partial charge in [-0.2, -0.15) is 0 Å². The second-order valence-corrected chi connectivity index (χ2v) is 5.83. The van der Waals surface area contributed by atoms with E-state index < -0.39 is 11.4 Å². The van der Waals surface area contributed by atoms with Crippen molar-refractivity contribution < 1.29 is 9.18 Å². The molecule has 0 spiro atoms. The Morgan fingerprint density at radius 3 is 2.88 bits per heavy atom. The molecule has 0 aliphatic heterocycles. The van der Waals surface area contributed by atoms with Gasteiger partial charge in [0.1, 0.15) is 5.82 Å². The lowest BCUT2D eigenvalue weighted by atomic mass is 9.99. The van der Waals surface area contributed by atoms with Crippen LogP contribution in [0.4, 0.5) is 4.39 Å². The van der Waals surface area contributed by atoms with E-state index in [0.717, 1.165) is 11.3 Å². The molecule has 1 amide bonds. The van der Waals surface area contributed by atoms with Gasteiger partial charge in [-0.15, -0.1) is 11.8 Å². The van der Waals surface area contributed by atoms with Crippen LogP contribution in [0.3, 0.4) is 0 Å². The molecule has 2 atom stereocenters. The van der Waals surface area contributed by atoms with E-state index in [9.17, 15) is 9.18 Å². The number of hydrogen-bond acceptors (Lipinski definition) is 3. The lowest BCUT2D eigenvalue weighted by Gasteiger charge is -2.19. The predicted octanol–water partition coefficient (Wildman–Crippen LogP) is 1.65. The van der Waals surface area contributed by atoms with Gasteiger partial charge >= 0.3 is 0 Å². The van der Waals surface area contributed by atoms with Crippen LogP contribution in [0.5, 0.6) is 0 Å². The summed E-state index contributed by atoms with van der Waals surface area (Å²) < 4.78 is 13.0. The highest BCUT2D eigenvalue weighted by molar-refractivity contribution is 8.00. The second-order valence-electron chi connectivity index (χ2n) is 4.46. The molecule has 2 rings (SSSR count). The molecule has 5 heteroatoms. The molecule has 3 nitrogen and oxygen atoms in total. The molecule has 1 aromatic carbocycles. The molecule has 1 fully saturated rings. The maximum Gasteiger partial charge on any atom is 0.237 e. The molecule has 92 valence electrons. The summed E-state index contributed by atoms with van der Waals surface area (Å²) in [5.74, 6) is -0.693. The molecule has 1 aliphatic carbocycles. The Hall–Kier alpha value is -1.07. The van der Waals surface area contributed by atoms with Crippen molar-refractivity contribution in [3.63, 3.8) is 0 Å². The van der Waals surface area contributed by atoms with Gasteiger partial charge in [-0.25, -0.2) is 4.39 Å². The van der Waals surface area contributed by atoms with E-state index in [4.69, 9.17) is 11.5 Å². The number of carbonyl (C=O) groups is 1. The molecular formula is C12H15FN2OS. The average Bonchev–Trinajstić information content (AvgIpc) is 2.61. The lowest BCUT2D eigenvalue weighted by molar-refractivity contribution is -0.122. The van der Waals surface area contributed by atoms with Crippen LogP contribution in [-0.2, 0) is 4.79 Å². The Kier molecular flexibility index (Phi) is 3.40. The van der Waals surface area contributed by atoms with Crippen molar-refractivity contribution in [2.45, 2.75) is 34.9 Å². The zero-order valence-electron chi connectivity index (χ0n) is 9.36. The maximum atomic E-state index is 13.0. The summed E-state index contributed by atoms with van der Waals surface area (Å²) in [5, 5.41) is 0.231. The van der Waals surface area contributed by atoms with Crippen LogP contribution >= 0.6 is 11.8 Å². The van der Waals surface area contributed by atoms with Crippen LogP contribution < -0.4 is 11.5 Å². The van der Waals surface area contributed by atoms with Gasteiger partial charge < -0.3 is 11.5 Å². The first-order valence-corrected chi connectivity index (χ1v) is 6.38. The van der Waals surface area contributed by atoms with Crippen molar-refractivity contribution in [3.8, 4) is 0 Å². The normalized spacial score (nSPS) is 28.2. The second kappa shape index (κ2) is 4.66. The number of amides is 1. The fourth-order valence-electron chi connectivity index (χ4n) is 2.09. The highest BCUT2D eigenvalue weighted by Gasteiger charge is 2.40. The summed E-state index contributed by atoms with van der Waals surface area (Å²) >= 11 is 1.56. The molecule has 1 aromatic rings. The fraction of sp³-hybridized carbons (Fsp3) is 0.417. The van der Waals surface area contributed by atoms with Gasteiger partial charge in [-0.3, -0.25) is 4.79 Å². The smallest absolute Gasteiger partial charge is 0.237 e. The Morgan fingerprint density at radius 2 is 2.29 bits per heavy atom. The third-order valence-electron chi connectivity index (χ3n) is 3.09. The molecule has 1 saturated carbocycles. The van der Waals surface area contributed by atoms with E-state index in [1.54, 1.807) is 17.8 Å². The summed E-state index contributed by atoms with van der Waals surface area (Å²) in [6.45, 7) is 0. The minimum Gasteiger partial charge on any atom is -0.368 e. The van der Waals surface area contributed by atoms with Crippen LogP contribution in [0, 0.1) is 5.82 Å². The number of primary amides is 1. The van der Waals surface area contributed by atoms with Crippen LogP contribution in [0.15, 0.2) is 29.2 Å². The van der Waals surface area contributed by atoms with Gasteiger partial charge in [-0.05, 0) is 37.5 Å². The minimum atomic E-state index is -0.884. The van der Waals surface area contributed by atoms with Crippen molar-refractivity contribution >= 4 is 17.7 Å². The number of halogens is 1. The average molecular weight is 254 g/mol. The third kappa shape index (κ3) is 2.79. The van der Waals surface area contributed by atoms with E-state index in [1.807, 2.05) is 6.07 Å². The number of benzene rings is 1. The van der Waals surface area contributed by atoms with Crippen molar-refractivity contribution in [3.05, 3.63) is 30.1 Å². The van der Waals surface area contributed by atoms with Crippen molar-refractivity contribution in [2.24, 2.45) is 11.5 Å². The summed E-state index contributed by atoms with van der Waals surface area (Å²) in [6.07, 6.45) is 2.00. The summed E-state index contributed by atoms with van der Waals surface area (Å²) in [7, 11) is 0. The van der Waals surface area contributed by atoms with Crippen LogP contribution in [0.2, 0.25) is 0 Å². The molecule has 0 heterocycles. The van der Waals surface area contributed by atoms with E-state index in [0.29, 0.717) is 12.8 Å². The van der Waals surface area contributed by atoms with E-state index in [1.165, 1.54) is 12.1 Å². The van der Waals surface area contributed by atoms with Gasteiger partial charge in [0.05, 0.1) is 5.54 Å². The molecule has 4 N–H and O–H groups in total. The third-order valence-corrected chi connectivity index (χ3v) is 4.36. The van der Waals surface area contributed by atoms with Gasteiger partial charge in [0.15, 0.2) is 0 Å². The summed E-state index contributed by atoms with van der Waals surface area (Å²) in [5.41, 5.74) is 10.3. The molecule has 0 bridgehead atoms. The number of nitrogens with two attached hydrogens (primary N) is 2. The van der Waals surface area contributed by atoms with E-state index in [-0.39, 0.29) is 11.1 Å². The number of hydrogen-bond donors (Lipinski definition) is 2. The highest BCUT2D eigenvalue weighted by Crippen LogP contribution is 2.38. The highest BCUT2D eigenvalue weighted by atomic mass is 32.2. The van der Waals surface area contributed by atoms with E-state index >= 15 is 0 Å². The molecule has 2 unspecified atom stereocenters. The van der Waals surface area contributed by atoms with Gasteiger partial charge in [-0.1, -0.05) is 6.07 Å². The first-order valence-electron chi connectivity index (χ1n) is 5.51. The van der Waals surface area contributed by atoms with E-state index in [2.05, 4.69) is 0 Å². The minimum absolute atomic E-state index is 0.231. The quantitative estimate of drug-likeness (QED) is 0.861. The Labute approximate surface area is 104 Å². The zero-order chi connectivity index (χ0) is 12.5. The summed E-state index contributed by atoms with van der Waals surface area (Å²) in [6, 6.07) is 6.44.